The number of amidine groups is 1. The Kier molecular flexibility index (Phi) is 5.14. The summed E-state index contributed by atoms with van der Waals surface area (Å²) in [5, 5.41) is 0.824. The van der Waals surface area contributed by atoms with Crippen molar-refractivity contribution in [3.63, 3.8) is 0 Å². The molecule has 128 valence electrons. The van der Waals surface area contributed by atoms with Gasteiger partial charge >= 0.3 is 0 Å². The number of methoxy groups -OCH3 is 2. The van der Waals surface area contributed by atoms with Gasteiger partial charge in [-0.2, -0.15) is 4.99 Å². The molecule has 5 nitrogen and oxygen atoms in total. The number of thioether (sulfide) groups is 1. The topological polar surface area (TPSA) is 51.1 Å². The predicted molar refractivity (Wildman–Crippen MR) is 97.5 cm³/mol. The number of aliphatic imine (C=N–C) groups is 1. The Hall–Kier alpha value is -1.95. The standard InChI is InChI=1S/C18H22N2O3S/c1-12-5-4-8-20(11-12)18-19-17(21)16(24-18)9-13-6-7-14(22-2)10-15(13)23-3/h6-7,9-10,12H,4-5,8,11H2,1-3H3/b16-9+/t12-/m0/s1. The molecule has 0 radical (unpaired) electrons. The van der Waals surface area contributed by atoms with Crippen LogP contribution in [0, 0.1) is 5.92 Å². The first-order valence-electron chi connectivity index (χ1n) is 8.10. The third-order valence-corrected chi connectivity index (χ3v) is 5.31. The highest BCUT2D eigenvalue weighted by Crippen LogP contribution is 2.34. The summed E-state index contributed by atoms with van der Waals surface area (Å²) >= 11 is 1.45. The summed E-state index contributed by atoms with van der Waals surface area (Å²) in [6.45, 7) is 4.19. The number of hydrogen-bond donors (Lipinski definition) is 0. The van der Waals surface area contributed by atoms with Gasteiger partial charge in [0.05, 0.1) is 19.1 Å². The molecule has 6 heteroatoms. The lowest BCUT2D eigenvalue weighted by Crippen LogP contribution is -2.37. The lowest BCUT2D eigenvalue weighted by Gasteiger charge is -2.31. The molecule has 0 unspecified atom stereocenters. The van der Waals surface area contributed by atoms with Gasteiger partial charge in [-0.3, -0.25) is 4.79 Å². The van der Waals surface area contributed by atoms with Crippen molar-refractivity contribution in [3.05, 3.63) is 28.7 Å². The molecule has 0 aliphatic carbocycles. The van der Waals surface area contributed by atoms with Crippen LogP contribution in [0.1, 0.15) is 25.3 Å². The molecular formula is C18H22N2O3S. The summed E-state index contributed by atoms with van der Waals surface area (Å²) in [7, 11) is 3.22. The van der Waals surface area contributed by atoms with E-state index in [4.69, 9.17) is 9.47 Å². The van der Waals surface area contributed by atoms with Crippen LogP contribution in [0.4, 0.5) is 0 Å². The second-order valence-corrected chi connectivity index (χ2v) is 7.12. The van der Waals surface area contributed by atoms with Crippen LogP contribution in [-0.2, 0) is 4.79 Å². The van der Waals surface area contributed by atoms with Gasteiger partial charge in [0, 0.05) is 24.7 Å². The van der Waals surface area contributed by atoms with E-state index >= 15 is 0 Å². The summed E-state index contributed by atoms with van der Waals surface area (Å²) in [5.41, 5.74) is 0.845. The van der Waals surface area contributed by atoms with Gasteiger partial charge in [0.1, 0.15) is 11.5 Å². The van der Waals surface area contributed by atoms with Crippen molar-refractivity contribution < 1.29 is 14.3 Å². The van der Waals surface area contributed by atoms with E-state index in [0.29, 0.717) is 16.6 Å². The third kappa shape index (κ3) is 3.59. The minimum absolute atomic E-state index is 0.175. The van der Waals surface area contributed by atoms with Crippen LogP contribution < -0.4 is 9.47 Å². The maximum atomic E-state index is 12.3. The van der Waals surface area contributed by atoms with Crippen LogP contribution in [0.5, 0.6) is 11.5 Å². The molecule has 2 aliphatic rings. The zero-order valence-corrected chi connectivity index (χ0v) is 15.1. The van der Waals surface area contributed by atoms with Crippen molar-refractivity contribution >= 4 is 28.9 Å². The van der Waals surface area contributed by atoms with Gasteiger partial charge in [0.15, 0.2) is 5.17 Å². The van der Waals surface area contributed by atoms with Crippen molar-refractivity contribution in [2.45, 2.75) is 19.8 Å². The highest BCUT2D eigenvalue weighted by Gasteiger charge is 2.28. The SMILES string of the molecule is COc1ccc(/C=C2/SC(N3CCC[C@H](C)C3)=NC2=O)c(OC)c1. The molecule has 1 saturated heterocycles. The van der Waals surface area contributed by atoms with Crippen molar-refractivity contribution in [3.8, 4) is 11.5 Å². The summed E-state index contributed by atoms with van der Waals surface area (Å²) in [4.78, 5) is 19.4. The van der Waals surface area contributed by atoms with E-state index in [2.05, 4.69) is 16.8 Å². The predicted octanol–water partition coefficient (Wildman–Crippen LogP) is 3.41. The van der Waals surface area contributed by atoms with Gasteiger partial charge in [0.25, 0.3) is 5.91 Å². The summed E-state index contributed by atoms with van der Waals surface area (Å²) in [6.07, 6.45) is 4.24. The fraction of sp³-hybridized carbons (Fsp3) is 0.444. The number of likely N-dealkylation sites (tertiary alicyclic amines) is 1. The number of carbonyl (C=O) groups is 1. The molecule has 0 saturated carbocycles. The second-order valence-electron chi connectivity index (χ2n) is 6.11. The van der Waals surface area contributed by atoms with Crippen LogP contribution in [0.15, 0.2) is 28.1 Å². The van der Waals surface area contributed by atoms with Gasteiger partial charge in [0.2, 0.25) is 0 Å². The third-order valence-electron chi connectivity index (χ3n) is 4.26. The van der Waals surface area contributed by atoms with Gasteiger partial charge in [-0.1, -0.05) is 6.92 Å². The lowest BCUT2D eigenvalue weighted by atomic mass is 10.0. The Bertz CT molecular complexity index is 700. The largest absolute Gasteiger partial charge is 0.497 e. The molecule has 1 amide bonds. The maximum absolute atomic E-state index is 12.3. The number of nitrogens with zero attached hydrogens (tertiary/aromatic N) is 2. The van der Waals surface area contributed by atoms with Crippen LogP contribution in [0.3, 0.4) is 0 Å². The fourth-order valence-electron chi connectivity index (χ4n) is 2.98. The molecule has 1 aromatic rings. The van der Waals surface area contributed by atoms with E-state index < -0.39 is 0 Å². The number of amides is 1. The average molecular weight is 346 g/mol. The van der Waals surface area contributed by atoms with E-state index in [1.807, 2.05) is 24.3 Å². The zero-order chi connectivity index (χ0) is 17.1. The first-order chi connectivity index (χ1) is 11.6. The number of piperidine rings is 1. The van der Waals surface area contributed by atoms with Crippen molar-refractivity contribution in [2.24, 2.45) is 10.9 Å². The van der Waals surface area contributed by atoms with E-state index in [9.17, 15) is 4.79 Å². The fourth-order valence-corrected chi connectivity index (χ4v) is 3.91. The van der Waals surface area contributed by atoms with E-state index in [0.717, 1.165) is 36.0 Å². The Morgan fingerprint density at radius 3 is 2.88 bits per heavy atom. The molecule has 0 spiro atoms. The van der Waals surface area contributed by atoms with Crippen LogP contribution in [0.25, 0.3) is 6.08 Å². The number of hydrogen-bond acceptors (Lipinski definition) is 5. The number of rotatable bonds is 3. The summed E-state index contributed by atoms with van der Waals surface area (Å²) < 4.78 is 10.6. The second kappa shape index (κ2) is 7.30. The van der Waals surface area contributed by atoms with Crippen LogP contribution >= 0.6 is 11.8 Å². The minimum Gasteiger partial charge on any atom is -0.497 e. The molecule has 3 rings (SSSR count). The van der Waals surface area contributed by atoms with Crippen molar-refractivity contribution in [2.75, 3.05) is 27.3 Å². The Morgan fingerprint density at radius 1 is 1.33 bits per heavy atom. The average Bonchev–Trinajstić information content (AvgIpc) is 2.96. The normalized spacial score (nSPS) is 22.7. The highest BCUT2D eigenvalue weighted by molar-refractivity contribution is 8.18. The molecule has 1 atom stereocenters. The molecule has 1 aromatic carbocycles. The smallest absolute Gasteiger partial charge is 0.286 e. The minimum atomic E-state index is -0.175. The maximum Gasteiger partial charge on any atom is 0.286 e. The van der Waals surface area contributed by atoms with Crippen LogP contribution in [-0.4, -0.2) is 43.3 Å². The first-order valence-corrected chi connectivity index (χ1v) is 8.92. The molecule has 2 heterocycles. The van der Waals surface area contributed by atoms with Crippen LogP contribution in [0.2, 0.25) is 0 Å². The molecule has 1 fully saturated rings. The molecule has 0 N–H and O–H groups in total. The Morgan fingerprint density at radius 2 is 2.17 bits per heavy atom. The highest BCUT2D eigenvalue weighted by atomic mass is 32.2. The van der Waals surface area contributed by atoms with Gasteiger partial charge in [-0.25, -0.2) is 0 Å². The van der Waals surface area contributed by atoms with Gasteiger partial charge in [-0.15, -0.1) is 0 Å². The molecular weight excluding hydrogens is 324 g/mol. The van der Waals surface area contributed by atoms with E-state index in [1.165, 1.54) is 18.2 Å². The van der Waals surface area contributed by atoms with Gasteiger partial charge < -0.3 is 14.4 Å². The first kappa shape index (κ1) is 16.9. The molecule has 24 heavy (non-hydrogen) atoms. The monoisotopic (exact) mass is 346 g/mol. The molecule has 0 aromatic heterocycles. The summed E-state index contributed by atoms with van der Waals surface area (Å²) in [6, 6.07) is 5.55. The van der Waals surface area contributed by atoms with Crippen molar-refractivity contribution in [1.82, 2.24) is 4.90 Å². The lowest BCUT2D eigenvalue weighted by molar-refractivity contribution is -0.113. The summed E-state index contributed by atoms with van der Waals surface area (Å²) in [5.74, 6) is 1.87. The molecule has 0 bridgehead atoms. The van der Waals surface area contributed by atoms with E-state index in [-0.39, 0.29) is 5.91 Å². The Labute approximate surface area is 146 Å². The number of carbonyl (C=O) groups excluding carboxylic acids is 1. The Balaban J connectivity index is 1.79. The van der Waals surface area contributed by atoms with Crippen molar-refractivity contribution in [1.29, 1.82) is 0 Å². The number of ether oxygens (including phenoxy) is 2. The number of benzene rings is 1. The zero-order valence-electron chi connectivity index (χ0n) is 14.2. The van der Waals surface area contributed by atoms with Gasteiger partial charge in [-0.05, 0) is 48.7 Å². The quantitative estimate of drug-likeness (QED) is 0.785. The van der Waals surface area contributed by atoms with E-state index in [1.54, 1.807) is 14.2 Å². The molecule has 2 aliphatic heterocycles.